The second-order valence-electron chi connectivity index (χ2n) is 5.37. The highest BCUT2D eigenvalue weighted by atomic mass is 32.2. The van der Waals surface area contributed by atoms with Gasteiger partial charge in [0.2, 0.25) is 11.8 Å². The van der Waals surface area contributed by atoms with Gasteiger partial charge in [-0.2, -0.15) is 0 Å². The van der Waals surface area contributed by atoms with Crippen LogP contribution in [-0.4, -0.2) is 33.2 Å². The van der Waals surface area contributed by atoms with Crippen LogP contribution in [0, 0.1) is 0 Å². The highest BCUT2D eigenvalue weighted by Crippen LogP contribution is 2.32. The summed E-state index contributed by atoms with van der Waals surface area (Å²) in [6.45, 7) is 1.86. The Balaban J connectivity index is 1.76. The molecule has 0 aliphatic carbocycles. The van der Waals surface area contributed by atoms with E-state index in [0.29, 0.717) is 22.6 Å². The lowest BCUT2D eigenvalue weighted by atomic mass is 10.2. The Morgan fingerprint density at radius 3 is 2.81 bits per heavy atom. The first-order chi connectivity index (χ1) is 12.5. The summed E-state index contributed by atoms with van der Waals surface area (Å²) in [4.78, 5) is 30.0. The normalized spacial score (nSPS) is 11.9. The average Bonchev–Trinajstić information content (AvgIpc) is 3.12. The molecule has 8 nitrogen and oxygen atoms in total. The zero-order valence-corrected chi connectivity index (χ0v) is 14.9. The number of carbonyl (C=O) groups excluding carboxylic acids is 1. The molecule has 2 aromatic heterocycles. The molecule has 0 saturated heterocycles. The van der Waals surface area contributed by atoms with Gasteiger partial charge >= 0.3 is 5.97 Å². The number of rotatable bonds is 6. The second kappa shape index (κ2) is 7.96. The van der Waals surface area contributed by atoms with Gasteiger partial charge in [-0.1, -0.05) is 30.0 Å². The van der Waals surface area contributed by atoms with E-state index < -0.39 is 5.97 Å². The van der Waals surface area contributed by atoms with E-state index >= 15 is 0 Å². The Morgan fingerprint density at radius 2 is 2.08 bits per heavy atom. The van der Waals surface area contributed by atoms with Crippen molar-refractivity contribution in [2.24, 2.45) is 0 Å². The van der Waals surface area contributed by atoms with Crippen molar-refractivity contribution in [1.82, 2.24) is 20.2 Å². The van der Waals surface area contributed by atoms with Gasteiger partial charge in [0.1, 0.15) is 0 Å². The van der Waals surface area contributed by atoms with Crippen molar-refractivity contribution in [3.05, 3.63) is 58.3 Å². The molecule has 0 unspecified atom stereocenters. The summed E-state index contributed by atoms with van der Waals surface area (Å²) < 4.78 is 10.3. The molecule has 0 fully saturated rings. The van der Waals surface area contributed by atoms with E-state index in [-0.39, 0.29) is 17.2 Å². The number of carbonyl (C=O) groups is 1. The summed E-state index contributed by atoms with van der Waals surface area (Å²) in [5.74, 6) is 0.375. The number of methoxy groups -OCH3 is 1. The fourth-order valence-electron chi connectivity index (χ4n) is 2.16. The van der Waals surface area contributed by atoms with Crippen molar-refractivity contribution in [1.29, 1.82) is 0 Å². The lowest BCUT2D eigenvalue weighted by molar-refractivity contribution is -0.139. The predicted octanol–water partition coefficient (Wildman–Crippen LogP) is 2.39. The lowest BCUT2D eigenvalue weighted by Crippen LogP contribution is -2.14. The summed E-state index contributed by atoms with van der Waals surface area (Å²) in [6.07, 6.45) is -0.0684. The summed E-state index contributed by atoms with van der Waals surface area (Å²) in [6, 6.07) is 10.7. The Morgan fingerprint density at radius 1 is 1.31 bits per heavy atom. The zero-order chi connectivity index (χ0) is 18.5. The van der Waals surface area contributed by atoms with Crippen LogP contribution in [0.25, 0.3) is 11.5 Å². The number of nitrogens with zero attached hydrogens (tertiary/aromatic N) is 3. The minimum absolute atomic E-state index is 0.0684. The van der Waals surface area contributed by atoms with Gasteiger partial charge in [-0.15, -0.1) is 10.2 Å². The second-order valence-corrected chi connectivity index (χ2v) is 6.70. The molecule has 1 aromatic carbocycles. The number of benzene rings is 1. The van der Waals surface area contributed by atoms with Crippen LogP contribution >= 0.6 is 11.8 Å². The predicted molar refractivity (Wildman–Crippen MR) is 94.6 cm³/mol. The van der Waals surface area contributed by atoms with Crippen molar-refractivity contribution >= 4 is 17.7 Å². The van der Waals surface area contributed by atoms with Crippen LogP contribution in [0.1, 0.15) is 23.8 Å². The maximum absolute atomic E-state index is 11.8. The molecule has 0 spiro atoms. The molecule has 9 heteroatoms. The van der Waals surface area contributed by atoms with E-state index in [9.17, 15) is 9.59 Å². The zero-order valence-electron chi connectivity index (χ0n) is 14.1. The summed E-state index contributed by atoms with van der Waals surface area (Å²) in [5.41, 5.74) is 0.824. The third-order valence-electron chi connectivity index (χ3n) is 3.42. The molecule has 0 saturated carbocycles. The topological polar surface area (TPSA) is 111 Å². The van der Waals surface area contributed by atoms with Crippen molar-refractivity contribution in [2.45, 2.75) is 23.8 Å². The first kappa shape index (κ1) is 17.9. The van der Waals surface area contributed by atoms with E-state index in [2.05, 4.69) is 24.9 Å². The fraction of sp³-hybridized carbons (Fsp3) is 0.235. The molecular formula is C17H16N4O4S. The van der Waals surface area contributed by atoms with E-state index in [4.69, 9.17) is 4.42 Å². The molecule has 1 N–H and O–H groups in total. The molecule has 1 atom stereocenters. The smallest absolute Gasteiger partial charge is 0.311 e. The molecular weight excluding hydrogens is 356 g/mol. The number of aromatic nitrogens is 4. The van der Waals surface area contributed by atoms with Crippen molar-refractivity contribution in [3.8, 4) is 11.5 Å². The number of ether oxygens (including phenoxy) is 1. The highest BCUT2D eigenvalue weighted by molar-refractivity contribution is 7.99. The van der Waals surface area contributed by atoms with Crippen LogP contribution in [0.4, 0.5) is 0 Å². The van der Waals surface area contributed by atoms with Crippen LogP contribution < -0.4 is 5.56 Å². The van der Waals surface area contributed by atoms with Gasteiger partial charge in [0, 0.05) is 11.6 Å². The van der Waals surface area contributed by atoms with Gasteiger partial charge in [-0.25, -0.2) is 4.98 Å². The number of aromatic amines is 1. The van der Waals surface area contributed by atoms with Gasteiger partial charge < -0.3 is 14.1 Å². The van der Waals surface area contributed by atoms with Crippen molar-refractivity contribution < 1.29 is 13.9 Å². The Labute approximate surface area is 153 Å². The van der Waals surface area contributed by atoms with Crippen LogP contribution in [0.15, 0.2) is 50.8 Å². The fourth-order valence-corrected chi connectivity index (χ4v) is 3.02. The molecule has 0 bridgehead atoms. The largest absolute Gasteiger partial charge is 0.469 e. The van der Waals surface area contributed by atoms with Gasteiger partial charge in [-0.05, 0) is 19.1 Å². The number of H-pyrrole nitrogens is 1. The van der Waals surface area contributed by atoms with Crippen LogP contribution in [0.3, 0.4) is 0 Å². The minimum atomic E-state index is -0.462. The monoisotopic (exact) mass is 372 g/mol. The number of esters is 1. The van der Waals surface area contributed by atoms with Crippen molar-refractivity contribution in [2.75, 3.05) is 7.11 Å². The highest BCUT2D eigenvalue weighted by Gasteiger charge is 2.18. The molecule has 0 radical (unpaired) electrons. The molecule has 0 amide bonds. The van der Waals surface area contributed by atoms with Crippen LogP contribution in [-0.2, 0) is 16.0 Å². The van der Waals surface area contributed by atoms with Gasteiger partial charge in [0.05, 0.1) is 24.5 Å². The van der Waals surface area contributed by atoms with Crippen LogP contribution in [0.2, 0.25) is 0 Å². The lowest BCUT2D eigenvalue weighted by Gasteiger charge is -2.07. The first-order valence-electron chi connectivity index (χ1n) is 7.77. The summed E-state index contributed by atoms with van der Waals surface area (Å²) >= 11 is 1.25. The maximum atomic E-state index is 11.8. The average molecular weight is 372 g/mol. The Bertz CT molecular complexity index is 955. The number of hydrogen-bond acceptors (Lipinski definition) is 8. The maximum Gasteiger partial charge on any atom is 0.311 e. The number of nitrogens with one attached hydrogen (secondary N) is 1. The van der Waals surface area contributed by atoms with Crippen molar-refractivity contribution in [3.63, 3.8) is 0 Å². The van der Waals surface area contributed by atoms with E-state index in [1.165, 1.54) is 24.9 Å². The molecule has 26 heavy (non-hydrogen) atoms. The van der Waals surface area contributed by atoms with Crippen LogP contribution in [0.5, 0.6) is 0 Å². The SMILES string of the molecule is COC(=O)Cc1cc(=O)[nH]c(S[C@H](C)c2nnc(-c3ccccc3)o2)n1. The van der Waals surface area contributed by atoms with E-state index in [1.54, 1.807) is 0 Å². The molecule has 134 valence electrons. The minimum Gasteiger partial charge on any atom is -0.469 e. The summed E-state index contributed by atoms with van der Waals surface area (Å²) in [7, 11) is 1.28. The molecule has 3 rings (SSSR count). The third-order valence-corrected chi connectivity index (χ3v) is 4.40. The molecule has 0 aliphatic rings. The van der Waals surface area contributed by atoms with Gasteiger partial charge in [-0.3, -0.25) is 9.59 Å². The Kier molecular flexibility index (Phi) is 5.47. The number of thioether (sulfide) groups is 1. The molecule has 3 aromatic rings. The first-order valence-corrected chi connectivity index (χ1v) is 8.65. The summed E-state index contributed by atoms with van der Waals surface area (Å²) in [5, 5.41) is 8.24. The molecule has 2 heterocycles. The van der Waals surface area contributed by atoms with Gasteiger partial charge in [0.25, 0.3) is 5.56 Å². The third kappa shape index (κ3) is 4.37. The standard InChI is InChI=1S/C17H16N4O4S/c1-10(15-20-21-16(25-15)11-6-4-3-5-7-11)26-17-18-12(8-13(22)19-17)9-14(23)24-2/h3-8,10H,9H2,1-2H3,(H,18,19,22)/t10-/m1/s1. The van der Waals surface area contributed by atoms with E-state index in [0.717, 1.165) is 5.56 Å². The van der Waals surface area contributed by atoms with E-state index in [1.807, 2.05) is 37.3 Å². The number of hydrogen-bond donors (Lipinski definition) is 1. The van der Waals surface area contributed by atoms with Gasteiger partial charge in [0.15, 0.2) is 5.16 Å². The Hall–Kier alpha value is -2.94. The molecule has 0 aliphatic heterocycles. The quantitative estimate of drug-likeness (QED) is 0.399.